The molecule has 0 bridgehead atoms. The van der Waals surface area contributed by atoms with Gasteiger partial charge in [-0.15, -0.1) is 0 Å². The molecule has 0 amide bonds. The first-order valence-corrected chi connectivity index (χ1v) is 5.43. The van der Waals surface area contributed by atoms with Gasteiger partial charge in [-0.2, -0.15) is 0 Å². The number of carboxylic acids is 1. The molecule has 2 atom stereocenters. The van der Waals surface area contributed by atoms with Gasteiger partial charge in [-0.05, 0) is 20.8 Å². The summed E-state index contributed by atoms with van der Waals surface area (Å²) in [4.78, 5) is 33.7. The minimum absolute atomic E-state index is 0.0472. The summed E-state index contributed by atoms with van der Waals surface area (Å²) in [5.41, 5.74) is -1.96. The van der Waals surface area contributed by atoms with Gasteiger partial charge in [0, 0.05) is 13.0 Å². The molecule has 0 radical (unpaired) electrons. The molecule has 0 saturated heterocycles. The largest absolute Gasteiger partial charge is 0.480 e. The van der Waals surface area contributed by atoms with Crippen LogP contribution in [0.5, 0.6) is 0 Å². The van der Waals surface area contributed by atoms with Crippen LogP contribution in [0, 0.1) is 5.41 Å². The third kappa shape index (κ3) is 3.26. The first-order valence-electron chi connectivity index (χ1n) is 5.43. The fourth-order valence-electron chi connectivity index (χ4n) is 1.55. The molecule has 0 fully saturated rings. The Bertz CT molecular complexity index is 288. The summed E-state index contributed by atoms with van der Waals surface area (Å²) in [6, 6.07) is 0. The zero-order chi connectivity index (χ0) is 13.5. The third-order valence-electron chi connectivity index (χ3n) is 2.54. The average Bonchev–Trinajstić information content (AvgIpc) is 2.25. The molecule has 0 aromatic heterocycles. The molecular weight excluding hydrogens is 228 g/mol. The molecule has 0 aromatic carbocycles. The second-order valence-corrected chi connectivity index (χ2v) is 3.47. The van der Waals surface area contributed by atoms with E-state index in [1.54, 1.807) is 13.8 Å². The Hall–Kier alpha value is -1.43. The van der Waals surface area contributed by atoms with Crippen molar-refractivity contribution in [3.8, 4) is 0 Å². The summed E-state index contributed by atoms with van der Waals surface area (Å²) < 4.78 is 9.88. The number of hydrogen-bond acceptors (Lipinski definition) is 5. The molecule has 98 valence electrons. The van der Waals surface area contributed by atoms with Crippen LogP contribution in [-0.4, -0.2) is 42.6 Å². The van der Waals surface area contributed by atoms with Crippen molar-refractivity contribution in [2.75, 3.05) is 13.2 Å². The summed E-state index contributed by atoms with van der Waals surface area (Å²) in [6.07, 6.45) is -1.02. The van der Waals surface area contributed by atoms with Gasteiger partial charge in [0.25, 0.3) is 0 Å². The van der Waals surface area contributed by atoms with Gasteiger partial charge in [0.15, 0.2) is 5.41 Å². The van der Waals surface area contributed by atoms with Crippen LogP contribution in [0.1, 0.15) is 27.2 Å². The minimum atomic E-state index is -1.96. The van der Waals surface area contributed by atoms with Gasteiger partial charge in [-0.3, -0.25) is 9.59 Å². The molecule has 0 aliphatic rings. The van der Waals surface area contributed by atoms with Crippen molar-refractivity contribution in [3.05, 3.63) is 0 Å². The highest BCUT2D eigenvalue weighted by Crippen LogP contribution is 2.30. The van der Waals surface area contributed by atoms with Crippen LogP contribution in [0.15, 0.2) is 0 Å². The number of aldehydes is 1. The van der Waals surface area contributed by atoms with Crippen LogP contribution >= 0.6 is 0 Å². The smallest absolute Gasteiger partial charge is 0.326 e. The topological polar surface area (TPSA) is 89.9 Å². The lowest BCUT2D eigenvalue weighted by Gasteiger charge is -2.30. The fourth-order valence-corrected chi connectivity index (χ4v) is 1.55. The fraction of sp³-hybridized carbons (Fsp3) is 0.727. The van der Waals surface area contributed by atoms with Gasteiger partial charge in [0.1, 0.15) is 6.29 Å². The highest BCUT2D eigenvalue weighted by Gasteiger charge is 2.52. The van der Waals surface area contributed by atoms with Crippen LogP contribution in [0.4, 0.5) is 0 Å². The lowest BCUT2D eigenvalue weighted by atomic mass is 9.79. The maximum Gasteiger partial charge on any atom is 0.326 e. The molecule has 0 heterocycles. The van der Waals surface area contributed by atoms with E-state index in [4.69, 9.17) is 9.47 Å². The lowest BCUT2D eigenvalue weighted by Crippen LogP contribution is -2.50. The van der Waals surface area contributed by atoms with Gasteiger partial charge < -0.3 is 19.4 Å². The molecular formula is C11H18O6. The monoisotopic (exact) mass is 246 g/mol. The quantitative estimate of drug-likeness (QED) is 0.384. The van der Waals surface area contributed by atoms with Crippen molar-refractivity contribution in [1.82, 2.24) is 0 Å². The molecule has 0 saturated carbocycles. The van der Waals surface area contributed by atoms with E-state index in [0.717, 1.165) is 0 Å². The van der Waals surface area contributed by atoms with Gasteiger partial charge in [0.2, 0.25) is 0 Å². The number of ether oxygens (including phenoxy) is 2. The van der Waals surface area contributed by atoms with E-state index in [0.29, 0.717) is 6.29 Å². The Morgan fingerprint density at radius 1 is 1.35 bits per heavy atom. The first-order chi connectivity index (χ1) is 7.97. The van der Waals surface area contributed by atoms with Crippen LogP contribution in [-0.2, 0) is 23.9 Å². The number of esters is 1. The first kappa shape index (κ1) is 15.6. The van der Waals surface area contributed by atoms with E-state index in [-0.39, 0.29) is 13.2 Å². The predicted molar refractivity (Wildman–Crippen MR) is 58.5 cm³/mol. The van der Waals surface area contributed by atoms with Gasteiger partial charge >= 0.3 is 11.9 Å². The van der Waals surface area contributed by atoms with Crippen LogP contribution in [0.2, 0.25) is 0 Å². The Morgan fingerprint density at radius 2 is 1.94 bits per heavy atom. The van der Waals surface area contributed by atoms with Crippen LogP contribution in [0.25, 0.3) is 0 Å². The van der Waals surface area contributed by atoms with E-state index in [2.05, 4.69) is 0 Å². The maximum atomic E-state index is 11.8. The number of carboxylic acid groups (broad SMARTS) is 1. The summed E-state index contributed by atoms with van der Waals surface area (Å²) in [6.45, 7) is 4.98. The molecule has 1 N–H and O–H groups in total. The van der Waals surface area contributed by atoms with Crippen molar-refractivity contribution in [2.45, 2.75) is 33.3 Å². The lowest BCUT2D eigenvalue weighted by molar-refractivity contribution is -0.181. The van der Waals surface area contributed by atoms with E-state index in [1.807, 2.05) is 0 Å². The number of rotatable bonds is 8. The predicted octanol–water partition coefficient (Wildman–Crippen LogP) is 0.634. The minimum Gasteiger partial charge on any atom is -0.480 e. The Balaban J connectivity index is 5.32. The number of carbonyl (C=O) groups excluding carboxylic acids is 2. The second kappa shape index (κ2) is 7.01. The molecule has 17 heavy (non-hydrogen) atoms. The summed E-state index contributed by atoms with van der Waals surface area (Å²) in [7, 11) is 0. The molecule has 0 aliphatic carbocycles. The molecule has 0 aromatic rings. The van der Waals surface area contributed by atoms with Crippen molar-refractivity contribution in [2.24, 2.45) is 5.41 Å². The van der Waals surface area contributed by atoms with E-state index >= 15 is 0 Å². The Morgan fingerprint density at radius 3 is 2.29 bits per heavy atom. The molecule has 0 aliphatic heterocycles. The zero-order valence-corrected chi connectivity index (χ0v) is 10.3. The SMILES string of the molecule is CCOC(=O)C(CC=O)(C(=O)O)C(C)OCC. The van der Waals surface area contributed by atoms with Crippen LogP contribution < -0.4 is 0 Å². The number of hydrogen-bond donors (Lipinski definition) is 1. The van der Waals surface area contributed by atoms with Gasteiger partial charge in [-0.25, -0.2) is 0 Å². The Kier molecular flexibility index (Phi) is 6.42. The number of carbonyl (C=O) groups is 3. The van der Waals surface area contributed by atoms with Crippen molar-refractivity contribution >= 4 is 18.2 Å². The highest BCUT2D eigenvalue weighted by atomic mass is 16.5. The number of aliphatic carboxylic acids is 1. The van der Waals surface area contributed by atoms with E-state index < -0.39 is 29.9 Å². The van der Waals surface area contributed by atoms with Crippen molar-refractivity contribution in [1.29, 1.82) is 0 Å². The highest BCUT2D eigenvalue weighted by molar-refractivity contribution is 6.01. The Labute approximate surface area is 99.9 Å². The molecule has 0 spiro atoms. The maximum absolute atomic E-state index is 11.8. The summed E-state index contributed by atoms with van der Waals surface area (Å²) in [5, 5.41) is 9.21. The molecule has 0 rings (SSSR count). The molecule has 6 heteroatoms. The standard InChI is InChI=1S/C11H18O6/c1-4-16-8(3)11(6-7-12,9(13)14)10(15)17-5-2/h7-8H,4-6H2,1-3H3,(H,13,14). The van der Waals surface area contributed by atoms with Crippen LogP contribution in [0.3, 0.4) is 0 Å². The third-order valence-corrected chi connectivity index (χ3v) is 2.54. The summed E-state index contributed by atoms with van der Waals surface area (Å²) >= 11 is 0. The van der Waals surface area contributed by atoms with E-state index in [9.17, 15) is 19.5 Å². The van der Waals surface area contributed by atoms with Gasteiger partial charge in [0.05, 0.1) is 12.7 Å². The average molecular weight is 246 g/mol. The molecule has 2 unspecified atom stereocenters. The normalized spacial score (nSPS) is 15.7. The van der Waals surface area contributed by atoms with Gasteiger partial charge in [-0.1, -0.05) is 0 Å². The van der Waals surface area contributed by atoms with Crippen molar-refractivity contribution < 1.29 is 29.0 Å². The van der Waals surface area contributed by atoms with Crippen molar-refractivity contribution in [3.63, 3.8) is 0 Å². The zero-order valence-electron chi connectivity index (χ0n) is 10.3. The van der Waals surface area contributed by atoms with E-state index in [1.165, 1.54) is 6.92 Å². The summed E-state index contributed by atoms with van der Waals surface area (Å²) in [5.74, 6) is -2.36. The molecule has 6 nitrogen and oxygen atoms in total. The second-order valence-electron chi connectivity index (χ2n) is 3.47.